The van der Waals surface area contributed by atoms with Gasteiger partial charge in [0.05, 0.1) is 24.3 Å². The van der Waals surface area contributed by atoms with Crippen LogP contribution in [0.25, 0.3) is 0 Å². The second kappa shape index (κ2) is 10.7. The van der Waals surface area contributed by atoms with Crippen molar-refractivity contribution in [2.24, 2.45) is 5.92 Å². The van der Waals surface area contributed by atoms with Gasteiger partial charge < -0.3 is 19.7 Å². The van der Waals surface area contributed by atoms with Gasteiger partial charge in [0.15, 0.2) is 0 Å². The summed E-state index contributed by atoms with van der Waals surface area (Å²) < 4.78 is 9.72. The fourth-order valence-electron chi connectivity index (χ4n) is 2.90. The fraction of sp³-hybridized carbons (Fsp3) is 0.550. The van der Waals surface area contributed by atoms with Gasteiger partial charge in [-0.25, -0.2) is 0 Å². The Morgan fingerprint density at radius 1 is 1.11 bits per heavy atom. The molecule has 1 aliphatic rings. The zero-order chi connectivity index (χ0) is 19.6. The van der Waals surface area contributed by atoms with E-state index in [0.29, 0.717) is 23.8 Å². The van der Waals surface area contributed by atoms with Crippen LogP contribution >= 0.6 is 0 Å². The zero-order valence-corrected chi connectivity index (χ0v) is 16.0. The van der Waals surface area contributed by atoms with Crippen molar-refractivity contribution in [2.45, 2.75) is 32.6 Å². The van der Waals surface area contributed by atoms with E-state index in [0.717, 1.165) is 25.9 Å². The summed E-state index contributed by atoms with van der Waals surface area (Å²) in [6, 6.07) is 6.97. The van der Waals surface area contributed by atoms with E-state index >= 15 is 0 Å². The average molecular weight is 376 g/mol. The van der Waals surface area contributed by atoms with Crippen LogP contribution in [0.1, 0.15) is 43.0 Å². The lowest BCUT2D eigenvalue weighted by Crippen LogP contribution is -2.38. The molecule has 2 rings (SSSR count). The lowest BCUT2D eigenvalue weighted by atomic mass is 9.98. The summed E-state index contributed by atoms with van der Waals surface area (Å²) in [6.45, 7) is 4.15. The maximum absolute atomic E-state index is 12.8. The standard InChI is InChI=1S/C20H28N2O5/c1-15-9-11-22(12-10-15)20(25)16-5-3-4-6-17(16)21-18(23)7-8-19(24)27-14-13-26-2/h3-6,15H,7-14H2,1-2H3,(H,21,23). The van der Waals surface area contributed by atoms with Crippen LogP contribution in [0.5, 0.6) is 0 Å². The van der Waals surface area contributed by atoms with E-state index in [1.165, 1.54) is 7.11 Å². The molecule has 0 atom stereocenters. The topological polar surface area (TPSA) is 84.9 Å². The zero-order valence-electron chi connectivity index (χ0n) is 16.0. The summed E-state index contributed by atoms with van der Waals surface area (Å²) in [5.74, 6) is -0.218. The molecule has 0 spiro atoms. The average Bonchev–Trinajstić information content (AvgIpc) is 2.67. The van der Waals surface area contributed by atoms with Gasteiger partial charge in [0.2, 0.25) is 5.91 Å². The molecule has 1 heterocycles. The number of likely N-dealkylation sites (tertiary alicyclic amines) is 1. The van der Waals surface area contributed by atoms with Crippen molar-refractivity contribution in [1.82, 2.24) is 4.90 Å². The van der Waals surface area contributed by atoms with Gasteiger partial charge in [-0.15, -0.1) is 0 Å². The van der Waals surface area contributed by atoms with E-state index in [9.17, 15) is 14.4 Å². The minimum atomic E-state index is -0.450. The summed E-state index contributed by atoms with van der Waals surface area (Å²) in [7, 11) is 1.52. The normalized spacial score (nSPS) is 14.7. The van der Waals surface area contributed by atoms with Crippen LogP contribution in [0.3, 0.4) is 0 Å². The third-order valence-electron chi connectivity index (χ3n) is 4.61. The Balaban J connectivity index is 1.90. The van der Waals surface area contributed by atoms with Gasteiger partial charge in [-0.05, 0) is 30.9 Å². The van der Waals surface area contributed by atoms with E-state index in [-0.39, 0.29) is 31.3 Å². The molecular formula is C20H28N2O5. The number of hydrogen-bond donors (Lipinski definition) is 1. The summed E-state index contributed by atoms with van der Waals surface area (Å²) in [5.41, 5.74) is 0.946. The van der Waals surface area contributed by atoms with E-state index in [1.54, 1.807) is 24.3 Å². The highest BCUT2D eigenvalue weighted by molar-refractivity contribution is 6.04. The predicted molar refractivity (Wildman–Crippen MR) is 101 cm³/mol. The monoisotopic (exact) mass is 376 g/mol. The van der Waals surface area contributed by atoms with Crippen LogP contribution in [-0.4, -0.2) is 56.1 Å². The van der Waals surface area contributed by atoms with E-state index < -0.39 is 5.97 Å². The van der Waals surface area contributed by atoms with Gasteiger partial charge >= 0.3 is 5.97 Å². The molecule has 0 radical (unpaired) electrons. The summed E-state index contributed by atoms with van der Waals surface area (Å²) in [4.78, 5) is 38.4. The molecule has 2 amide bonds. The number of ether oxygens (including phenoxy) is 2. The van der Waals surface area contributed by atoms with E-state index in [4.69, 9.17) is 9.47 Å². The molecule has 1 N–H and O–H groups in total. The van der Waals surface area contributed by atoms with Gasteiger partial charge in [-0.2, -0.15) is 0 Å². The number of nitrogens with zero attached hydrogens (tertiary/aromatic N) is 1. The number of carbonyl (C=O) groups is 3. The molecule has 0 aliphatic carbocycles. The maximum atomic E-state index is 12.8. The molecule has 0 bridgehead atoms. The first-order valence-electron chi connectivity index (χ1n) is 9.34. The number of esters is 1. The van der Waals surface area contributed by atoms with Crippen molar-refractivity contribution in [3.8, 4) is 0 Å². The van der Waals surface area contributed by atoms with Crippen LogP contribution < -0.4 is 5.32 Å². The molecule has 148 valence electrons. The lowest BCUT2D eigenvalue weighted by molar-refractivity contribution is -0.145. The third kappa shape index (κ3) is 6.67. The Kier molecular flexibility index (Phi) is 8.26. The number of nitrogens with one attached hydrogen (secondary N) is 1. The van der Waals surface area contributed by atoms with Gasteiger partial charge in [0.1, 0.15) is 6.61 Å². The van der Waals surface area contributed by atoms with Gasteiger partial charge in [0, 0.05) is 26.6 Å². The number of anilines is 1. The third-order valence-corrected chi connectivity index (χ3v) is 4.61. The first kappa shape index (κ1) is 20.9. The van der Waals surface area contributed by atoms with Gasteiger partial charge in [-0.1, -0.05) is 19.1 Å². The molecular weight excluding hydrogens is 348 g/mol. The van der Waals surface area contributed by atoms with Crippen molar-refractivity contribution < 1.29 is 23.9 Å². The van der Waals surface area contributed by atoms with Gasteiger partial charge in [0.25, 0.3) is 5.91 Å². The Morgan fingerprint density at radius 2 is 1.81 bits per heavy atom. The summed E-state index contributed by atoms with van der Waals surface area (Å²) in [6.07, 6.45) is 1.96. The number of amides is 2. The van der Waals surface area contributed by atoms with E-state index in [2.05, 4.69) is 12.2 Å². The number of para-hydroxylation sites is 1. The van der Waals surface area contributed by atoms with E-state index in [1.807, 2.05) is 4.90 Å². The van der Waals surface area contributed by atoms with Gasteiger partial charge in [-0.3, -0.25) is 14.4 Å². The second-order valence-corrected chi connectivity index (χ2v) is 6.78. The smallest absolute Gasteiger partial charge is 0.306 e. The van der Waals surface area contributed by atoms with Crippen LogP contribution in [0.4, 0.5) is 5.69 Å². The van der Waals surface area contributed by atoms with Crippen molar-refractivity contribution >= 4 is 23.5 Å². The molecule has 1 fully saturated rings. The molecule has 0 saturated carbocycles. The lowest BCUT2D eigenvalue weighted by Gasteiger charge is -2.30. The minimum absolute atomic E-state index is 0.00440. The van der Waals surface area contributed by atoms with Crippen molar-refractivity contribution in [3.63, 3.8) is 0 Å². The highest BCUT2D eigenvalue weighted by atomic mass is 16.6. The number of hydrogen-bond acceptors (Lipinski definition) is 5. The largest absolute Gasteiger partial charge is 0.463 e. The predicted octanol–water partition coefficient (Wildman–Crippen LogP) is 2.47. The molecule has 7 nitrogen and oxygen atoms in total. The fourth-order valence-corrected chi connectivity index (χ4v) is 2.90. The number of carbonyl (C=O) groups excluding carboxylic acids is 3. The SMILES string of the molecule is COCCOC(=O)CCC(=O)Nc1ccccc1C(=O)N1CCC(C)CC1. The van der Waals surface area contributed by atoms with Crippen molar-refractivity contribution in [1.29, 1.82) is 0 Å². The molecule has 1 aromatic carbocycles. The molecule has 0 aromatic heterocycles. The summed E-state index contributed by atoms with van der Waals surface area (Å²) >= 11 is 0. The Labute approximate surface area is 160 Å². The number of benzene rings is 1. The Morgan fingerprint density at radius 3 is 2.52 bits per heavy atom. The highest BCUT2D eigenvalue weighted by Crippen LogP contribution is 2.22. The quantitative estimate of drug-likeness (QED) is 0.556. The molecule has 1 saturated heterocycles. The van der Waals surface area contributed by atoms with Crippen LogP contribution in [0, 0.1) is 5.92 Å². The van der Waals surface area contributed by atoms with Crippen LogP contribution in [-0.2, 0) is 19.1 Å². The number of rotatable bonds is 8. The second-order valence-electron chi connectivity index (χ2n) is 6.78. The Bertz CT molecular complexity index is 654. The first-order chi connectivity index (χ1) is 13.0. The molecule has 1 aromatic rings. The first-order valence-corrected chi connectivity index (χ1v) is 9.34. The molecule has 7 heteroatoms. The molecule has 0 unspecified atom stereocenters. The summed E-state index contributed by atoms with van der Waals surface area (Å²) in [5, 5.41) is 2.74. The van der Waals surface area contributed by atoms with Crippen LogP contribution in [0.15, 0.2) is 24.3 Å². The molecule has 27 heavy (non-hydrogen) atoms. The van der Waals surface area contributed by atoms with Crippen LogP contribution in [0.2, 0.25) is 0 Å². The van der Waals surface area contributed by atoms with Crippen molar-refractivity contribution in [3.05, 3.63) is 29.8 Å². The number of piperidine rings is 1. The molecule has 1 aliphatic heterocycles. The van der Waals surface area contributed by atoms with Crippen molar-refractivity contribution in [2.75, 3.05) is 38.7 Å². The highest BCUT2D eigenvalue weighted by Gasteiger charge is 2.23. The maximum Gasteiger partial charge on any atom is 0.306 e. The number of methoxy groups -OCH3 is 1. The minimum Gasteiger partial charge on any atom is -0.463 e. The Hall–Kier alpha value is -2.41.